The normalized spacial score (nSPS) is 11.5. The summed E-state index contributed by atoms with van der Waals surface area (Å²) in [6.07, 6.45) is 0.849. The third-order valence-corrected chi connectivity index (χ3v) is 3.08. The molecule has 0 saturated heterocycles. The average Bonchev–Trinajstić information content (AvgIpc) is 2.75. The highest BCUT2D eigenvalue weighted by molar-refractivity contribution is 6.30. The number of hydrogen-bond donors (Lipinski definition) is 0. The lowest BCUT2D eigenvalue weighted by atomic mass is 10.1. The highest BCUT2D eigenvalue weighted by atomic mass is 35.5. The maximum absolute atomic E-state index is 5.98. The Morgan fingerprint density at radius 3 is 2.80 bits per heavy atom. The van der Waals surface area contributed by atoms with Gasteiger partial charge in [-0.15, -0.1) is 0 Å². The Balaban J connectivity index is 1.91. The Labute approximate surface area is 124 Å². The van der Waals surface area contributed by atoms with E-state index in [0.29, 0.717) is 18.4 Å². The minimum atomic E-state index is 0.532. The molecule has 20 heavy (non-hydrogen) atoms. The SMILES string of the molecule is CC(C)Cc1noc(CN(C)Cc2cccc(Cl)c2)n1. The van der Waals surface area contributed by atoms with Crippen LogP contribution in [-0.2, 0) is 19.5 Å². The molecule has 0 aliphatic rings. The summed E-state index contributed by atoms with van der Waals surface area (Å²) in [7, 11) is 2.02. The van der Waals surface area contributed by atoms with Crippen LogP contribution in [-0.4, -0.2) is 22.1 Å². The molecule has 0 N–H and O–H groups in total. The van der Waals surface area contributed by atoms with Crippen molar-refractivity contribution in [1.29, 1.82) is 0 Å². The van der Waals surface area contributed by atoms with Crippen molar-refractivity contribution >= 4 is 11.6 Å². The molecule has 2 aromatic rings. The van der Waals surface area contributed by atoms with Crippen molar-refractivity contribution in [3.8, 4) is 0 Å². The molecule has 5 heteroatoms. The van der Waals surface area contributed by atoms with Gasteiger partial charge in [-0.25, -0.2) is 0 Å². The number of aromatic nitrogens is 2. The minimum absolute atomic E-state index is 0.532. The lowest BCUT2D eigenvalue weighted by Crippen LogP contribution is -2.17. The van der Waals surface area contributed by atoms with Gasteiger partial charge in [0.1, 0.15) is 0 Å². The van der Waals surface area contributed by atoms with E-state index >= 15 is 0 Å². The second kappa shape index (κ2) is 6.86. The van der Waals surface area contributed by atoms with Crippen molar-refractivity contribution in [2.45, 2.75) is 33.4 Å². The van der Waals surface area contributed by atoms with Gasteiger partial charge in [0.2, 0.25) is 5.89 Å². The number of halogens is 1. The number of nitrogens with zero attached hydrogens (tertiary/aromatic N) is 3. The first kappa shape index (κ1) is 15.0. The summed E-state index contributed by atoms with van der Waals surface area (Å²) in [5.74, 6) is 1.97. The van der Waals surface area contributed by atoms with Crippen molar-refractivity contribution in [2.24, 2.45) is 5.92 Å². The molecule has 0 aliphatic carbocycles. The van der Waals surface area contributed by atoms with E-state index in [4.69, 9.17) is 16.1 Å². The first-order valence-corrected chi connectivity index (χ1v) is 7.15. The molecule has 0 bridgehead atoms. The van der Waals surface area contributed by atoms with Crippen LogP contribution in [0.2, 0.25) is 5.02 Å². The van der Waals surface area contributed by atoms with Crippen LogP contribution in [0.5, 0.6) is 0 Å². The van der Waals surface area contributed by atoms with Crippen LogP contribution in [0, 0.1) is 5.92 Å². The van der Waals surface area contributed by atoms with E-state index in [0.717, 1.165) is 23.8 Å². The van der Waals surface area contributed by atoms with Gasteiger partial charge >= 0.3 is 0 Å². The van der Waals surface area contributed by atoms with E-state index < -0.39 is 0 Å². The second-order valence-electron chi connectivity index (χ2n) is 5.50. The summed E-state index contributed by atoms with van der Waals surface area (Å²) in [6.45, 7) is 5.71. The molecule has 1 heterocycles. The van der Waals surface area contributed by atoms with Gasteiger partial charge in [0.25, 0.3) is 0 Å². The summed E-state index contributed by atoms with van der Waals surface area (Å²) in [6, 6.07) is 7.86. The van der Waals surface area contributed by atoms with Gasteiger partial charge in [0.05, 0.1) is 6.54 Å². The first-order valence-electron chi connectivity index (χ1n) is 6.77. The monoisotopic (exact) mass is 293 g/mol. The maximum Gasteiger partial charge on any atom is 0.240 e. The van der Waals surface area contributed by atoms with E-state index in [1.807, 2.05) is 25.2 Å². The van der Waals surface area contributed by atoms with Crippen LogP contribution >= 0.6 is 11.6 Å². The highest BCUT2D eigenvalue weighted by Gasteiger charge is 2.10. The molecule has 0 amide bonds. The fourth-order valence-corrected chi connectivity index (χ4v) is 2.25. The molecule has 0 radical (unpaired) electrons. The summed E-state index contributed by atoms with van der Waals surface area (Å²) < 4.78 is 5.27. The Bertz CT molecular complexity index is 554. The molecule has 4 nitrogen and oxygen atoms in total. The number of benzene rings is 1. The zero-order chi connectivity index (χ0) is 14.5. The first-order chi connectivity index (χ1) is 9.52. The number of hydrogen-bond acceptors (Lipinski definition) is 4. The molecular formula is C15H20ClN3O. The van der Waals surface area contributed by atoms with Gasteiger partial charge in [-0.2, -0.15) is 4.98 Å². The highest BCUT2D eigenvalue weighted by Crippen LogP contribution is 2.13. The van der Waals surface area contributed by atoms with Gasteiger partial charge in [0.15, 0.2) is 5.82 Å². The van der Waals surface area contributed by atoms with Crippen molar-refractivity contribution in [2.75, 3.05) is 7.05 Å². The largest absolute Gasteiger partial charge is 0.338 e. The van der Waals surface area contributed by atoms with E-state index in [9.17, 15) is 0 Å². The predicted molar refractivity (Wildman–Crippen MR) is 79.5 cm³/mol. The van der Waals surface area contributed by atoms with Crippen molar-refractivity contribution in [3.63, 3.8) is 0 Å². The molecule has 1 aromatic heterocycles. The smallest absolute Gasteiger partial charge is 0.240 e. The van der Waals surface area contributed by atoms with Crippen molar-refractivity contribution in [1.82, 2.24) is 15.0 Å². The van der Waals surface area contributed by atoms with Crippen LogP contribution < -0.4 is 0 Å². The summed E-state index contributed by atoms with van der Waals surface area (Å²) in [5, 5.41) is 4.75. The Morgan fingerprint density at radius 2 is 2.10 bits per heavy atom. The molecule has 2 rings (SSSR count). The van der Waals surface area contributed by atoms with Gasteiger partial charge in [0, 0.05) is 18.0 Å². The molecule has 108 valence electrons. The van der Waals surface area contributed by atoms with Gasteiger partial charge in [-0.05, 0) is 30.7 Å². The van der Waals surface area contributed by atoms with Crippen LogP contribution in [0.1, 0.15) is 31.1 Å². The van der Waals surface area contributed by atoms with Gasteiger partial charge in [-0.3, -0.25) is 4.90 Å². The average molecular weight is 294 g/mol. The Hall–Kier alpha value is -1.39. The third-order valence-electron chi connectivity index (χ3n) is 2.85. The van der Waals surface area contributed by atoms with Crippen molar-refractivity contribution < 1.29 is 4.52 Å². The second-order valence-corrected chi connectivity index (χ2v) is 5.94. The number of rotatable bonds is 6. The molecule has 0 aliphatic heterocycles. The molecule has 0 atom stereocenters. The molecule has 0 fully saturated rings. The van der Waals surface area contributed by atoms with Gasteiger partial charge in [-0.1, -0.05) is 42.7 Å². The summed E-state index contributed by atoms with van der Waals surface area (Å²) >= 11 is 5.98. The zero-order valence-corrected chi connectivity index (χ0v) is 12.9. The Morgan fingerprint density at radius 1 is 1.30 bits per heavy atom. The van der Waals surface area contributed by atoms with E-state index in [1.54, 1.807) is 0 Å². The lowest BCUT2D eigenvalue weighted by Gasteiger charge is -2.14. The zero-order valence-electron chi connectivity index (χ0n) is 12.1. The van der Waals surface area contributed by atoms with Gasteiger partial charge < -0.3 is 4.52 Å². The van der Waals surface area contributed by atoms with Crippen LogP contribution in [0.3, 0.4) is 0 Å². The molecule has 0 spiro atoms. The molecule has 1 aromatic carbocycles. The van der Waals surface area contributed by atoms with Crippen LogP contribution in [0.4, 0.5) is 0 Å². The standard InChI is InChI=1S/C15H20ClN3O/c1-11(2)7-14-17-15(20-18-14)10-19(3)9-12-5-4-6-13(16)8-12/h4-6,8,11H,7,9-10H2,1-3H3. The van der Waals surface area contributed by atoms with E-state index in [1.165, 1.54) is 5.56 Å². The lowest BCUT2D eigenvalue weighted by molar-refractivity contribution is 0.260. The van der Waals surface area contributed by atoms with Crippen LogP contribution in [0.15, 0.2) is 28.8 Å². The van der Waals surface area contributed by atoms with E-state index in [-0.39, 0.29) is 0 Å². The quantitative estimate of drug-likeness (QED) is 0.817. The molecule has 0 unspecified atom stereocenters. The predicted octanol–water partition coefficient (Wildman–Crippen LogP) is 3.55. The molecular weight excluding hydrogens is 274 g/mol. The fourth-order valence-electron chi connectivity index (χ4n) is 2.04. The third kappa shape index (κ3) is 4.62. The summed E-state index contributed by atoms with van der Waals surface area (Å²) in [4.78, 5) is 6.53. The Kier molecular flexibility index (Phi) is 5.15. The minimum Gasteiger partial charge on any atom is -0.338 e. The molecule has 0 saturated carbocycles. The van der Waals surface area contributed by atoms with E-state index in [2.05, 4.69) is 35.0 Å². The van der Waals surface area contributed by atoms with Crippen molar-refractivity contribution in [3.05, 3.63) is 46.6 Å². The maximum atomic E-state index is 5.98. The fraction of sp³-hybridized carbons (Fsp3) is 0.467. The topological polar surface area (TPSA) is 42.2 Å². The van der Waals surface area contributed by atoms with Crippen LogP contribution in [0.25, 0.3) is 0 Å². The summed E-state index contributed by atoms with van der Waals surface area (Å²) in [5.41, 5.74) is 1.17.